The van der Waals surface area contributed by atoms with Crippen LogP contribution in [0.2, 0.25) is 0 Å². The maximum atomic E-state index is 13.7. The molecule has 90 valence electrons. The summed E-state index contributed by atoms with van der Waals surface area (Å²) in [5.41, 5.74) is 3.32. The quantitative estimate of drug-likeness (QED) is 0.667. The molecule has 2 heterocycles. The molecular weight excluding hydrogens is 227 g/mol. The van der Waals surface area contributed by atoms with Crippen molar-refractivity contribution in [3.63, 3.8) is 0 Å². The molecule has 3 heteroatoms. The fourth-order valence-electron chi connectivity index (χ4n) is 2.25. The van der Waals surface area contributed by atoms with Gasteiger partial charge in [-0.05, 0) is 18.6 Å². The Hall–Kier alpha value is -2.16. The molecule has 1 aromatic carbocycles. The second-order valence-corrected chi connectivity index (χ2v) is 4.18. The van der Waals surface area contributed by atoms with E-state index in [1.807, 2.05) is 40.9 Å². The van der Waals surface area contributed by atoms with Crippen LogP contribution in [0.3, 0.4) is 0 Å². The van der Waals surface area contributed by atoms with Crippen molar-refractivity contribution in [3.8, 4) is 11.3 Å². The van der Waals surface area contributed by atoms with Gasteiger partial charge in [-0.2, -0.15) is 0 Å². The number of aryl methyl sites for hydroxylation is 1. The van der Waals surface area contributed by atoms with E-state index in [9.17, 15) is 4.39 Å². The molecule has 0 atom stereocenters. The van der Waals surface area contributed by atoms with Crippen molar-refractivity contribution in [2.45, 2.75) is 13.3 Å². The number of imidazole rings is 1. The number of nitrogens with zero attached hydrogens (tertiary/aromatic N) is 2. The minimum absolute atomic E-state index is 0.283. The molecule has 0 radical (unpaired) electrons. The van der Waals surface area contributed by atoms with Gasteiger partial charge in [0.25, 0.3) is 0 Å². The molecule has 0 fully saturated rings. The van der Waals surface area contributed by atoms with Crippen molar-refractivity contribution in [2.24, 2.45) is 0 Å². The summed E-state index contributed by atoms with van der Waals surface area (Å²) in [4.78, 5) is 4.44. The molecule has 0 unspecified atom stereocenters. The fraction of sp³-hybridized carbons (Fsp3) is 0.133. The highest BCUT2D eigenvalue weighted by atomic mass is 19.1. The molecule has 18 heavy (non-hydrogen) atoms. The fourth-order valence-corrected chi connectivity index (χ4v) is 2.25. The number of benzene rings is 1. The van der Waals surface area contributed by atoms with E-state index in [4.69, 9.17) is 0 Å². The van der Waals surface area contributed by atoms with Crippen molar-refractivity contribution in [3.05, 3.63) is 60.2 Å². The molecule has 2 nitrogen and oxygen atoms in total. The highest BCUT2D eigenvalue weighted by Gasteiger charge is 2.14. The highest BCUT2D eigenvalue weighted by molar-refractivity contribution is 5.66. The first-order valence-electron chi connectivity index (χ1n) is 6.02. The lowest BCUT2D eigenvalue weighted by Crippen LogP contribution is -1.93. The molecule has 3 aromatic rings. The summed E-state index contributed by atoms with van der Waals surface area (Å²) in [6, 6.07) is 13.0. The van der Waals surface area contributed by atoms with Crippen molar-refractivity contribution in [1.29, 1.82) is 0 Å². The highest BCUT2D eigenvalue weighted by Crippen LogP contribution is 2.25. The molecule has 0 aliphatic heterocycles. The van der Waals surface area contributed by atoms with Crippen LogP contribution >= 0.6 is 0 Å². The molecule has 3 rings (SSSR count). The Morgan fingerprint density at radius 2 is 1.89 bits per heavy atom. The number of rotatable bonds is 2. The van der Waals surface area contributed by atoms with E-state index in [0.29, 0.717) is 5.65 Å². The number of pyridine rings is 1. The molecule has 0 amide bonds. The van der Waals surface area contributed by atoms with Crippen molar-refractivity contribution >= 4 is 5.65 Å². The zero-order chi connectivity index (χ0) is 12.5. The molecule has 0 aliphatic carbocycles. The first-order valence-corrected chi connectivity index (χ1v) is 6.02. The monoisotopic (exact) mass is 240 g/mol. The van der Waals surface area contributed by atoms with Gasteiger partial charge in [0.15, 0.2) is 11.5 Å². The van der Waals surface area contributed by atoms with Crippen LogP contribution in [-0.4, -0.2) is 9.38 Å². The van der Waals surface area contributed by atoms with Gasteiger partial charge in [0.05, 0.1) is 11.4 Å². The molecule has 0 aliphatic rings. The predicted molar refractivity (Wildman–Crippen MR) is 70.0 cm³/mol. The minimum atomic E-state index is -0.283. The van der Waals surface area contributed by atoms with Gasteiger partial charge < -0.3 is 4.40 Å². The van der Waals surface area contributed by atoms with E-state index >= 15 is 0 Å². The smallest absolute Gasteiger partial charge is 0.173 e. The van der Waals surface area contributed by atoms with Crippen LogP contribution in [0.15, 0.2) is 48.7 Å². The predicted octanol–water partition coefficient (Wildman–Crippen LogP) is 3.70. The normalized spacial score (nSPS) is 11.0. The summed E-state index contributed by atoms with van der Waals surface area (Å²) in [5.74, 6) is -0.283. The summed E-state index contributed by atoms with van der Waals surface area (Å²) in [5, 5.41) is 0. The molecule has 0 saturated heterocycles. The van der Waals surface area contributed by atoms with E-state index in [2.05, 4.69) is 11.9 Å². The largest absolute Gasteiger partial charge is 0.301 e. The third-order valence-corrected chi connectivity index (χ3v) is 3.08. The maximum absolute atomic E-state index is 13.7. The van der Waals surface area contributed by atoms with Gasteiger partial charge in [-0.15, -0.1) is 0 Å². The Labute approximate surface area is 105 Å². The molecular formula is C15H13FN2. The minimum Gasteiger partial charge on any atom is -0.301 e. The Bertz CT molecular complexity index is 686. The zero-order valence-electron chi connectivity index (χ0n) is 10.1. The molecule has 0 bridgehead atoms. The lowest BCUT2D eigenvalue weighted by molar-refractivity contribution is 0.629. The molecule has 2 aromatic heterocycles. The van der Waals surface area contributed by atoms with Gasteiger partial charge >= 0.3 is 0 Å². The lowest BCUT2D eigenvalue weighted by atomic mass is 10.1. The summed E-state index contributed by atoms with van der Waals surface area (Å²) in [6.45, 7) is 2.06. The van der Waals surface area contributed by atoms with E-state index in [0.717, 1.165) is 23.4 Å². The van der Waals surface area contributed by atoms with Crippen LogP contribution in [0.25, 0.3) is 16.9 Å². The van der Waals surface area contributed by atoms with Gasteiger partial charge in [-0.1, -0.05) is 37.3 Å². The van der Waals surface area contributed by atoms with Crippen LogP contribution in [0, 0.1) is 5.82 Å². The van der Waals surface area contributed by atoms with Crippen molar-refractivity contribution in [2.75, 3.05) is 0 Å². The third kappa shape index (κ3) is 1.59. The van der Waals surface area contributed by atoms with Crippen LogP contribution in [0.4, 0.5) is 4.39 Å². The third-order valence-electron chi connectivity index (χ3n) is 3.08. The molecule has 0 saturated carbocycles. The topological polar surface area (TPSA) is 17.3 Å². The zero-order valence-corrected chi connectivity index (χ0v) is 10.1. The standard InChI is InChI=1S/C15H13FN2/c1-2-13-14(11-7-4-3-5-8-11)17-15-12(16)9-6-10-18(13)15/h3-10H,2H2,1H3. The Morgan fingerprint density at radius 1 is 1.11 bits per heavy atom. The van der Waals surface area contributed by atoms with Gasteiger partial charge in [0, 0.05) is 11.8 Å². The van der Waals surface area contributed by atoms with Crippen molar-refractivity contribution in [1.82, 2.24) is 9.38 Å². The van der Waals surface area contributed by atoms with Gasteiger partial charge in [0.1, 0.15) is 0 Å². The van der Waals surface area contributed by atoms with Gasteiger partial charge in [-0.3, -0.25) is 0 Å². The van der Waals surface area contributed by atoms with Crippen molar-refractivity contribution < 1.29 is 4.39 Å². The molecule has 0 N–H and O–H groups in total. The van der Waals surface area contributed by atoms with E-state index in [1.165, 1.54) is 6.07 Å². The summed E-state index contributed by atoms with van der Waals surface area (Å²) in [6.07, 6.45) is 2.67. The Morgan fingerprint density at radius 3 is 2.61 bits per heavy atom. The van der Waals surface area contributed by atoms with E-state index < -0.39 is 0 Å². The average molecular weight is 240 g/mol. The summed E-state index contributed by atoms with van der Waals surface area (Å²) < 4.78 is 15.6. The average Bonchev–Trinajstić information content (AvgIpc) is 2.80. The number of aromatic nitrogens is 2. The first-order chi connectivity index (χ1) is 8.81. The lowest BCUT2D eigenvalue weighted by Gasteiger charge is -2.01. The van der Waals surface area contributed by atoms with Crippen LogP contribution in [-0.2, 0) is 6.42 Å². The van der Waals surface area contributed by atoms with E-state index in [1.54, 1.807) is 6.07 Å². The number of fused-ring (bicyclic) bond motifs is 1. The second kappa shape index (κ2) is 4.26. The Kier molecular flexibility index (Phi) is 2.59. The molecule has 0 spiro atoms. The van der Waals surface area contributed by atoms with Crippen LogP contribution in [0.5, 0.6) is 0 Å². The number of hydrogen-bond acceptors (Lipinski definition) is 1. The summed E-state index contributed by atoms with van der Waals surface area (Å²) in [7, 11) is 0. The Balaban J connectivity index is 2.33. The second-order valence-electron chi connectivity index (χ2n) is 4.18. The van der Waals surface area contributed by atoms with Gasteiger partial charge in [-0.25, -0.2) is 9.37 Å². The van der Waals surface area contributed by atoms with E-state index in [-0.39, 0.29) is 5.82 Å². The maximum Gasteiger partial charge on any atom is 0.173 e. The number of hydrogen-bond donors (Lipinski definition) is 0. The SMILES string of the molecule is CCc1c(-c2ccccc2)nc2c(F)cccn12. The van der Waals surface area contributed by atoms with Crippen LogP contribution in [0.1, 0.15) is 12.6 Å². The van der Waals surface area contributed by atoms with Crippen LogP contribution < -0.4 is 0 Å². The summed E-state index contributed by atoms with van der Waals surface area (Å²) >= 11 is 0. The first kappa shape index (κ1) is 11.0. The van der Waals surface area contributed by atoms with Gasteiger partial charge in [0.2, 0.25) is 0 Å². The number of halogens is 1.